The van der Waals surface area contributed by atoms with Gasteiger partial charge in [-0.3, -0.25) is 9.59 Å². The Labute approximate surface area is 281 Å². The summed E-state index contributed by atoms with van der Waals surface area (Å²) in [7, 11) is -1.57. The van der Waals surface area contributed by atoms with E-state index in [4.69, 9.17) is 10.0 Å². The predicted octanol–water partition coefficient (Wildman–Crippen LogP) is 9.40. The summed E-state index contributed by atoms with van der Waals surface area (Å²) in [6.07, 6.45) is 14.1. The Bertz CT molecular complexity index is 1380. The van der Waals surface area contributed by atoms with Gasteiger partial charge in [-0.2, -0.15) is 0 Å². The van der Waals surface area contributed by atoms with Crippen LogP contribution in [0.25, 0.3) is 6.08 Å². The van der Waals surface area contributed by atoms with Crippen molar-refractivity contribution in [2.75, 3.05) is 5.33 Å². The molecule has 0 spiro atoms. The minimum Gasteiger partial charge on any atom is -0.423 e. The van der Waals surface area contributed by atoms with Gasteiger partial charge in [0.1, 0.15) is 12.6 Å². The first-order chi connectivity index (χ1) is 21.0. The van der Waals surface area contributed by atoms with E-state index in [2.05, 4.69) is 119 Å². The van der Waals surface area contributed by atoms with Crippen LogP contribution in [0.15, 0.2) is 114 Å². The Morgan fingerprint density at radius 1 is 0.644 bits per heavy atom. The second kappa shape index (κ2) is 26.8. The number of hydrogen-bond donors (Lipinski definition) is 2. The summed E-state index contributed by atoms with van der Waals surface area (Å²) in [5.74, 6) is 0. The Balaban J connectivity index is 0. The second-order valence-electron chi connectivity index (χ2n) is 10.5. The molecule has 4 nitrogen and oxygen atoms in total. The van der Waals surface area contributed by atoms with Crippen LogP contribution in [0.5, 0.6) is 0 Å². The summed E-state index contributed by atoms with van der Waals surface area (Å²) in [6, 6.07) is 22.5. The number of alkyl halides is 1. The minimum atomic E-state index is -1.57. The summed E-state index contributed by atoms with van der Waals surface area (Å²) >= 11 is 3.27. The Morgan fingerprint density at radius 3 is 1.40 bits per heavy atom. The zero-order valence-electron chi connectivity index (χ0n) is 27.3. The molecule has 3 aromatic rings. The lowest BCUT2D eigenvalue weighted by Crippen LogP contribution is -2.32. The van der Waals surface area contributed by atoms with Gasteiger partial charge in [-0.15, -0.1) is 0 Å². The molecule has 0 aliphatic carbocycles. The molecule has 0 aliphatic heterocycles. The lowest BCUT2D eigenvalue weighted by atomic mass is 9.77. The van der Waals surface area contributed by atoms with Crippen LogP contribution in [0.3, 0.4) is 0 Å². The van der Waals surface area contributed by atoms with Crippen molar-refractivity contribution in [1.29, 1.82) is 0 Å². The van der Waals surface area contributed by atoms with Crippen molar-refractivity contribution < 1.29 is 19.6 Å². The molecule has 45 heavy (non-hydrogen) atoms. The van der Waals surface area contributed by atoms with Crippen molar-refractivity contribution in [3.63, 3.8) is 0 Å². The molecule has 0 fully saturated rings. The van der Waals surface area contributed by atoms with Gasteiger partial charge in [0, 0.05) is 16.5 Å². The summed E-state index contributed by atoms with van der Waals surface area (Å²) < 4.78 is 0. The van der Waals surface area contributed by atoms with Crippen LogP contribution < -0.4 is 5.46 Å². The number of carbonyl (C=O) groups excluding carboxylic acids is 2. The van der Waals surface area contributed by atoms with E-state index in [1.54, 1.807) is 12.1 Å². The third kappa shape index (κ3) is 20.9. The van der Waals surface area contributed by atoms with Gasteiger partial charge >= 0.3 is 7.12 Å². The number of benzene rings is 3. The van der Waals surface area contributed by atoms with Gasteiger partial charge < -0.3 is 10.0 Å². The quantitative estimate of drug-likeness (QED) is 0.103. The number of allylic oxidation sites excluding steroid dienone is 7. The fourth-order valence-electron chi connectivity index (χ4n) is 3.53. The second-order valence-corrected chi connectivity index (χ2v) is 11.2. The van der Waals surface area contributed by atoms with E-state index in [1.807, 2.05) is 24.3 Å². The van der Waals surface area contributed by atoms with Gasteiger partial charge in [0.15, 0.2) is 0 Å². The molecule has 0 bridgehead atoms. The number of aldehydes is 2. The van der Waals surface area contributed by atoms with Crippen LogP contribution in [-0.2, 0) is 12.8 Å². The van der Waals surface area contributed by atoms with Crippen molar-refractivity contribution in [1.82, 2.24) is 0 Å². The van der Waals surface area contributed by atoms with Crippen molar-refractivity contribution in [2.24, 2.45) is 0 Å². The first-order valence-electron chi connectivity index (χ1n) is 14.6. The van der Waals surface area contributed by atoms with Gasteiger partial charge in [0.25, 0.3) is 0 Å². The molecule has 0 aliphatic rings. The number of carbonyl (C=O) groups is 2. The highest BCUT2D eigenvalue weighted by Gasteiger charge is 2.13. The largest absolute Gasteiger partial charge is 0.489 e. The average molecular weight is 676 g/mol. The third-order valence-corrected chi connectivity index (χ3v) is 6.25. The molecule has 0 aromatic heterocycles. The molecule has 0 atom stereocenters. The molecule has 0 unspecified atom stereocenters. The van der Waals surface area contributed by atoms with E-state index in [0.717, 1.165) is 35.6 Å². The van der Waals surface area contributed by atoms with Gasteiger partial charge in [-0.25, -0.2) is 0 Å². The molecule has 0 heterocycles. The van der Waals surface area contributed by atoms with E-state index in [0.29, 0.717) is 11.8 Å². The molecule has 0 amide bonds. The minimum absolute atomic E-state index is 0. The lowest BCUT2D eigenvalue weighted by Gasteiger charge is -2.02. The Hall–Kier alpha value is -3.58. The van der Waals surface area contributed by atoms with E-state index in [-0.39, 0.29) is 12.9 Å². The molecule has 0 radical (unpaired) electrons. The Kier molecular flexibility index (Phi) is 25.9. The van der Waals surface area contributed by atoms with Crippen molar-refractivity contribution in [3.05, 3.63) is 142 Å². The average Bonchev–Trinajstić information content (AvgIpc) is 3.00. The summed E-state index contributed by atoms with van der Waals surface area (Å²) in [4.78, 5) is 21.0. The molecule has 0 saturated heterocycles. The molecule has 242 valence electrons. The first kappa shape index (κ1) is 43.6. The van der Waals surface area contributed by atoms with Crippen molar-refractivity contribution >= 4 is 47.2 Å². The van der Waals surface area contributed by atoms with Crippen LogP contribution in [0.4, 0.5) is 0 Å². The van der Waals surface area contributed by atoms with Crippen LogP contribution in [0.2, 0.25) is 0 Å². The smallest absolute Gasteiger partial charge is 0.423 e. The summed E-state index contributed by atoms with van der Waals surface area (Å²) in [6.45, 7) is 14.6. The standard InChI is InChI=1S/C14H18.C12H14O.C7H7BO3.C5H9Br.CH4/c1-4-7-13-8-5-6-9-14(13)11-10-12(2)3;1-10(2)7-8-11-5-3-4-6-12(11)9-13;9-5-6-3-1-2-4-7(6)8(10)11;1-5(2)3-4-6;/h4-10H,11H2,1-3H3;3-7,9H,8H2,1-2H3;1-5,10-11H;3H,4H2,1-2H3;1H4/b7-4+;;;;. The molecule has 3 aromatic carbocycles. The summed E-state index contributed by atoms with van der Waals surface area (Å²) in [5, 5.41) is 18.4. The zero-order valence-corrected chi connectivity index (χ0v) is 28.8. The van der Waals surface area contributed by atoms with Crippen molar-refractivity contribution in [2.45, 2.75) is 68.7 Å². The van der Waals surface area contributed by atoms with E-state index in [1.165, 1.54) is 40.0 Å². The Morgan fingerprint density at radius 2 is 1.04 bits per heavy atom. The fraction of sp³-hybridized carbons (Fsp3) is 0.282. The molecule has 0 saturated carbocycles. The number of rotatable bonds is 9. The topological polar surface area (TPSA) is 74.6 Å². The van der Waals surface area contributed by atoms with E-state index < -0.39 is 7.12 Å². The van der Waals surface area contributed by atoms with Gasteiger partial charge in [-0.1, -0.05) is 143 Å². The monoisotopic (exact) mass is 674 g/mol. The van der Waals surface area contributed by atoms with Crippen LogP contribution in [-0.4, -0.2) is 35.1 Å². The number of hydrogen-bond acceptors (Lipinski definition) is 4. The van der Waals surface area contributed by atoms with E-state index >= 15 is 0 Å². The van der Waals surface area contributed by atoms with Crippen molar-refractivity contribution in [3.8, 4) is 0 Å². The molecular formula is C39H52BBrO4. The maximum atomic E-state index is 10.7. The predicted molar refractivity (Wildman–Crippen MR) is 201 cm³/mol. The van der Waals surface area contributed by atoms with Gasteiger partial charge in [0.2, 0.25) is 0 Å². The molecule has 6 heteroatoms. The lowest BCUT2D eigenvalue weighted by molar-refractivity contribution is 0.111. The molecule has 3 rings (SSSR count). The van der Waals surface area contributed by atoms with Gasteiger partial charge in [0.05, 0.1) is 0 Å². The normalized spacial score (nSPS) is 9.29. The highest BCUT2D eigenvalue weighted by Crippen LogP contribution is 2.12. The van der Waals surface area contributed by atoms with Crippen LogP contribution in [0.1, 0.15) is 93.3 Å². The van der Waals surface area contributed by atoms with Crippen LogP contribution in [0, 0.1) is 0 Å². The number of halogens is 1. The zero-order chi connectivity index (χ0) is 33.3. The summed E-state index contributed by atoms with van der Waals surface area (Å²) in [5.41, 5.74) is 9.18. The SMILES string of the molecule is C.C/C=C/c1ccccc1CC=C(C)C.CC(C)=CCBr.CC(C)=CCc1ccccc1C=O.O=Cc1ccccc1B(O)O. The maximum absolute atomic E-state index is 10.7. The fourth-order valence-corrected chi connectivity index (χ4v) is 4.18. The van der Waals surface area contributed by atoms with E-state index in [9.17, 15) is 9.59 Å². The molecular weight excluding hydrogens is 623 g/mol. The maximum Gasteiger partial charge on any atom is 0.489 e. The highest BCUT2D eigenvalue weighted by molar-refractivity contribution is 9.09. The molecule has 2 N–H and O–H groups in total. The van der Waals surface area contributed by atoms with Crippen LogP contribution >= 0.6 is 15.9 Å². The first-order valence-corrected chi connectivity index (χ1v) is 15.7. The highest BCUT2D eigenvalue weighted by atomic mass is 79.9. The third-order valence-electron chi connectivity index (χ3n) is 5.93. The van der Waals surface area contributed by atoms with Gasteiger partial charge in [-0.05, 0) is 83.5 Å².